The van der Waals surface area contributed by atoms with Gasteiger partial charge in [-0.15, -0.1) is 0 Å². The van der Waals surface area contributed by atoms with Crippen molar-refractivity contribution in [1.29, 1.82) is 0 Å². The van der Waals surface area contributed by atoms with Gasteiger partial charge in [0.25, 0.3) is 0 Å². The van der Waals surface area contributed by atoms with Gasteiger partial charge in [0, 0.05) is 10.7 Å². The van der Waals surface area contributed by atoms with Crippen LogP contribution in [0.5, 0.6) is 0 Å². The third-order valence-electron chi connectivity index (χ3n) is 2.10. The van der Waals surface area contributed by atoms with Crippen molar-refractivity contribution in [3.8, 4) is 0 Å². The van der Waals surface area contributed by atoms with Crippen LogP contribution in [0.15, 0.2) is 17.0 Å². The van der Waals surface area contributed by atoms with Crippen LogP contribution in [-0.2, 0) is 6.42 Å². The summed E-state index contributed by atoms with van der Waals surface area (Å²) in [5.41, 5.74) is 2.01. The third-order valence-corrected chi connectivity index (χ3v) is 2.73. The van der Waals surface area contributed by atoms with Crippen molar-refractivity contribution >= 4 is 27.0 Å². The molecule has 2 aromatic heterocycles. The van der Waals surface area contributed by atoms with Crippen molar-refractivity contribution in [2.45, 2.75) is 20.3 Å². The van der Waals surface area contributed by atoms with Gasteiger partial charge < -0.3 is 4.98 Å². The fourth-order valence-electron chi connectivity index (χ4n) is 1.53. The summed E-state index contributed by atoms with van der Waals surface area (Å²) in [6.45, 7) is 4.38. The molecule has 0 aromatic carbocycles. The Balaban J connectivity index is 2.57. The summed E-state index contributed by atoms with van der Waals surface area (Å²) in [7, 11) is 0. The average molecular weight is 254 g/mol. The number of halogens is 1. The lowest BCUT2D eigenvalue weighted by molar-refractivity contribution is 0.638. The highest BCUT2D eigenvalue weighted by Crippen LogP contribution is 2.25. The molecule has 0 bridgehead atoms. The Kier molecular flexibility index (Phi) is 2.54. The first kappa shape index (κ1) is 9.65. The Hall–Kier alpha value is -0.900. The molecule has 2 heterocycles. The fraction of sp³-hybridized carbons (Fsp3) is 0.400. The Morgan fingerprint density at radius 1 is 1.43 bits per heavy atom. The van der Waals surface area contributed by atoms with E-state index in [1.165, 1.54) is 0 Å². The lowest BCUT2D eigenvalue weighted by atomic mass is 10.1. The maximum atomic E-state index is 4.32. The van der Waals surface area contributed by atoms with Gasteiger partial charge in [-0.1, -0.05) is 13.8 Å². The van der Waals surface area contributed by atoms with E-state index in [2.05, 4.69) is 44.7 Å². The van der Waals surface area contributed by atoms with Crippen LogP contribution in [0, 0.1) is 5.92 Å². The minimum absolute atomic E-state index is 0.606. The molecular weight excluding hydrogens is 242 g/mol. The van der Waals surface area contributed by atoms with Gasteiger partial charge >= 0.3 is 0 Å². The van der Waals surface area contributed by atoms with Gasteiger partial charge in [-0.05, 0) is 28.3 Å². The van der Waals surface area contributed by atoms with Crippen LogP contribution in [0.3, 0.4) is 0 Å². The number of aromatic amines is 1. The van der Waals surface area contributed by atoms with Gasteiger partial charge in [0.1, 0.15) is 12.0 Å². The van der Waals surface area contributed by atoms with Crippen LogP contribution in [0.25, 0.3) is 11.0 Å². The molecule has 0 atom stereocenters. The summed E-state index contributed by atoms with van der Waals surface area (Å²) in [4.78, 5) is 11.6. The number of hydrogen-bond donors (Lipinski definition) is 1. The van der Waals surface area contributed by atoms with E-state index in [1.54, 1.807) is 6.33 Å². The summed E-state index contributed by atoms with van der Waals surface area (Å²) in [5, 5.41) is 1.11. The molecule has 74 valence electrons. The third kappa shape index (κ3) is 1.66. The molecule has 4 heteroatoms. The van der Waals surface area contributed by atoms with Gasteiger partial charge in [-0.3, -0.25) is 0 Å². The fourth-order valence-corrected chi connectivity index (χ4v) is 2.06. The van der Waals surface area contributed by atoms with Crippen molar-refractivity contribution in [2.24, 2.45) is 5.92 Å². The van der Waals surface area contributed by atoms with E-state index in [0.29, 0.717) is 5.92 Å². The number of H-pyrrole nitrogens is 1. The summed E-state index contributed by atoms with van der Waals surface area (Å²) < 4.78 is 1.05. The molecule has 0 fully saturated rings. The van der Waals surface area contributed by atoms with Crippen molar-refractivity contribution in [1.82, 2.24) is 15.0 Å². The molecule has 14 heavy (non-hydrogen) atoms. The van der Waals surface area contributed by atoms with Crippen LogP contribution in [0.1, 0.15) is 19.5 Å². The smallest absolute Gasteiger partial charge is 0.142 e. The number of fused-ring (bicyclic) bond motifs is 1. The topological polar surface area (TPSA) is 41.6 Å². The molecule has 0 aliphatic carbocycles. The standard InChI is InChI=1S/C10H12BrN3/c1-6(2)3-8-9-7(11)4-12-10(9)14-5-13-8/h4-6H,3H2,1-2H3,(H,12,13,14). The summed E-state index contributed by atoms with van der Waals surface area (Å²) in [6.07, 6.45) is 4.50. The summed E-state index contributed by atoms with van der Waals surface area (Å²) >= 11 is 3.50. The lowest BCUT2D eigenvalue weighted by Crippen LogP contribution is -1.98. The molecule has 0 radical (unpaired) electrons. The molecular formula is C10H12BrN3. The molecule has 1 N–H and O–H groups in total. The van der Waals surface area contributed by atoms with Crippen LogP contribution < -0.4 is 0 Å². The predicted molar refractivity (Wildman–Crippen MR) is 60.1 cm³/mol. The Bertz CT molecular complexity index is 448. The highest BCUT2D eigenvalue weighted by atomic mass is 79.9. The van der Waals surface area contributed by atoms with E-state index in [9.17, 15) is 0 Å². The number of nitrogens with one attached hydrogen (secondary N) is 1. The molecule has 0 saturated heterocycles. The van der Waals surface area contributed by atoms with Crippen LogP contribution in [-0.4, -0.2) is 15.0 Å². The molecule has 2 aromatic rings. The van der Waals surface area contributed by atoms with Gasteiger partial charge in [-0.25, -0.2) is 9.97 Å². The van der Waals surface area contributed by atoms with E-state index in [-0.39, 0.29) is 0 Å². The van der Waals surface area contributed by atoms with Gasteiger partial charge in [-0.2, -0.15) is 0 Å². The van der Waals surface area contributed by atoms with Crippen molar-refractivity contribution in [3.63, 3.8) is 0 Å². The Morgan fingerprint density at radius 2 is 2.21 bits per heavy atom. The van der Waals surface area contributed by atoms with Crippen LogP contribution in [0.4, 0.5) is 0 Å². The first-order valence-electron chi connectivity index (χ1n) is 4.65. The predicted octanol–water partition coefficient (Wildman–Crippen LogP) is 2.92. The summed E-state index contributed by atoms with van der Waals surface area (Å²) in [6, 6.07) is 0. The van der Waals surface area contributed by atoms with Crippen molar-refractivity contribution in [3.05, 3.63) is 22.7 Å². The second kappa shape index (κ2) is 3.69. The van der Waals surface area contributed by atoms with E-state index in [0.717, 1.165) is 27.6 Å². The highest BCUT2D eigenvalue weighted by molar-refractivity contribution is 9.10. The van der Waals surface area contributed by atoms with E-state index < -0.39 is 0 Å². The van der Waals surface area contributed by atoms with Gasteiger partial charge in [0.15, 0.2) is 0 Å². The Morgan fingerprint density at radius 3 is 2.93 bits per heavy atom. The van der Waals surface area contributed by atoms with Crippen molar-refractivity contribution < 1.29 is 0 Å². The quantitative estimate of drug-likeness (QED) is 0.895. The second-order valence-electron chi connectivity index (χ2n) is 3.78. The number of hydrogen-bond acceptors (Lipinski definition) is 2. The zero-order valence-electron chi connectivity index (χ0n) is 8.21. The molecule has 0 aliphatic rings. The maximum absolute atomic E-state index is 4.32. The number of nitrogens with zero attached hydrogens (tertiary/aromatic N) is 2. The lowest BCUT2D eigenvalue weighted by Gasteiger charge is -2.04. The number of rotatable bonds is 2. The SMILES string of the molecule is CC(C)Cc1ncnc2[nH]cc(Br)c12. The molecule has 0 amide bonds. The van der Waals surface area contributed by atoms with Crippen LogP contribution >= 0.6 is 15.9 Å². The van der Waals surface area contributed by atoms with E-state index in [1.807, 2.05) is 6.20 Å². The minimum Gasteiger partial charge on any atom is -0.345 e. The molecule has 2 rings (SSSR count). The average Bonchev–Trinajstić information content (AvgIpc) is 2.48. The molecule has 0 spiro atoms. The zero-order chi connectivity index (χ0) is 10.1. The number of aromatic nitrogens is 3. The first-order valence-corrected chi connectivity index (χ1v) is 5.44. The Labute approximate surface area is 91.1 Å². The van der Waals surface area contributed by atoms with E-state index >= 15 is 0 Å². The van der Waals surface area contributed by atoms with E-state index in [4.69, 9.17) is 0 Å². The largest absolute Gasteiger partial charge is 0.345 e. The maximum Gasteiger partial charge on any atom is 0.142 e. The molecule has 3 nitrogen and oxygen atoms in total. The minimum atomic E-state index is 0.606. The molecule has 0 aliphatic heterocycles. The molecule has 0 unspecified atom stereocenters. The second-order valence-corrected chi connectivity index (χ2v) is 4.63. The first-order chi connectivity index (χ1) is 6.68. The normalized spacial score (nSPS) is 11.4. The van der Waals surface area contributed by atoms with Crippen LogP contribution in [0.2, 0.25) is 0 Å². The van der Waals surface area contributed by atoms with Crippen molar-refractivity contribution in [2.75, 3.05) is 0 Å². The monoisotopic (exact) mass is 253 g/mol. The van der Waals surface area contributed by atoms with Gasteiger partial charge in [0.05, 0.1) is 11.1 Å². The molecule has 0 saturated carbocycles. The highest BCUT2D eigenvalue weighted by Gasteiger charge is 2.09. The van der Waals surface area contributed by atoms with Gasteiger partial charge in [0.2, 0.25) is 0 Å². The summed E-state index contributed by atoms with van der Waals surface area (Å²) in [5.74, 6) is 0.606. The zero-order valence-corrected chi connectivity index (χ0v) is 9.80.